The van der Waals surface area contributed by atoms with Crippen molar-refractivity contribution in [3.05, 3.63) is 214 Å². The molecule has 0 saturated carbocycles. The predicted octanol–water partition coefficient (Wildman–Crippen LogP) is 12.0. The van der Waals surface area contributed by atoms with Crippen molar-refractivity contribution >= 4 is 6.41 Å². The highest BCUT2D eigenvalue weighted by Gasteiger charge is 2.17. The summed E-state index contributed by atoms with van der Waals surface area (Å²) in [4.78, 5) is 10.3. The number of nitrogens with one attached hydrogen (secondary N) is 1. The van der Waals surface area contributed by atoms with Gasteiger partial charge < -0.3 is 11.1 Å². The number of unbranched alkanes of at least 4 members (excludes halogenated alkanes) is 1. The van der Waals surface area contributed by atoms with E-state index >= 15 is 0 Å². The maximum Gasteiger partial charge on any atom is 0.207 e. The van der Waals surface area contributed by atoms with Crippen molar-refractivity contribution < 1.29 is 31.1 Å². The van der Waals surface area contributed by atoms with Crippen LogP contribution in [0.3, 0.4) is 0 Å². The zero-order valence-electron chi connectivity index (χ0n) is 31.9. The van der Waals surface area contributed by atoms with Crippen LogP contribution in [0.5, 0.6) is 0 Å². The van der Waals surface area contributed by atoms with Crippen molar-refractivity contribution in [1.82, 2.24) is 5.32 Å². The molecule has 0 aromatic heterocycles. The Kier molecular flexibility index (Phi) is 18.1. The summed E-state index contributed by atoms with van der Waals surface area (Å²) in [6, 6.07) is 38.5. The molecule has 57 heavy (non-hydrogen) atoms. The van der Waals surface area contributed by atoms with E-state index in [1.54, 1.807) is 60.7 Å². The lowest BCUT2D eigenvalue weighted by atomic mass is 9.87. The summed E-state index contributed by atoms with van der Waals surface area (Å²) < 4.78 is 80.0. The van der Waals surface area contributed by atoms with Crippen LogP contribution in [-0.2, 0) is 4.79 Å². The lowest BCUT2D eigenvalue weighted by Gasteiger charge is -2.18. The van der Waals surface area contributed by atoms with Crippen molar-refractivity contribution in [2.75, 3.05) is 13.1 Å². The molecule has 0 fully saturated rings. The normalized spacial score (nSPS) is 10.8. The molecule has 0 aliphatic carbocycles. The number of hydrogen-bond donors (Lipinski definition) is 2. The van der Waals surface area contributed by atoms with Crippen molar-refractivity contribution in [2.45, 2.75) is 56.8 Å². The Bertz CT molecular complexity index is 1990. The topological polar surface area (TPSA) is 55.1 Å². The third-order valence-corrected chi connectivity index (χ3v) is 9.47. The minimum Gasteiger partial charge on any atom is -0.359 e. The summed E-state index contributed by atoms with van der Waals surface area (Å²) in [6.07, 6.45) is 4.87. The summed E-state index contributed by atoms with van der Waals surface area (Å²) in [5, 5.41) is 2.58. The molecular formula is C48H48F6N2O. The molecule has 298 valence electrons. The Labute approximate surface area is 331 Å². The smallest absolute Gasteiger partial charge is 0.207 e. The molecule has 0 aliphatic rings. The number of hydrogen-bond acceptors (Lipinski definition) is 2. The van der Waals surface area contributed by atoms with Gasteiger partial charge >= 0.3 is 0 Å². The Morgan fingerprint density at radius 3 is 1.00 bits per heavy atom. The van der Waals surface area contributed by atoms with Crippen LogP contribution >= 0.6 is 0 Å². The van der Waals surface area contributed by atoms with Gasteiger partial charge in [-0.1, -0.05) is 92.6 Å². The molecular weight excluding hydrogens is 735 g/mol. The minimum absolute atomic E-state index is 0.0614. The molecule has 0 saturated heterocycles. The van der Waals surface area contributed by atoms with Crippen molar-refractivity contribution in [1.29, 1.82) is 0 Å². The first kappa shape index (κ1) is 44.0. The maximum absolute atomic E-state index is 13.4. The number of nitrogens with two attached hydrogens (primary N) is 1. The zero-order valence-corrected chi connectivity index (χ0v) is 31.9. The van der Waals surface area contributed by atoms with Gasteiger partial charge in [-0.3, -0.25) is 4.79 Å². The fourth-order valence-electron chi connectivity index (χ4n) is 6.78. The molecule has 6 aromatic carbocycles. The van der Waals surface area contributed by atoms with Gasteiger partial charge in [0.2, 0.25) is 6.41 Å². The average Bonchev–Trinajstić information content (AvgIpc) is 3.19. The predicted molar refractivity (Wildman–Crippen MR) is 216 cm³/mol. The Balaban J connectivity index is 0.000000190. The highest BCUT2D eigenvalue weighted by Crippen LogP contribution is 2.32. The average molecular weight is 783 g/mol. The Morgan fingerprint density at radius 2 is 0.754 bits per heavy atom. The first-order valence-electron chi connectivity index (χ1n) is 19.0. The van der Waals surface area contributed by atoms with Crippen LogP contribution in [0.4, 0.5) is 26.3 Å². The van der Waals surface area contributed by atoms with Crippen LogP contribution in [0.2, 0.25) is 0 Å². The number of carbonyl (C=O) groups is 1. The third kappa shape index (κ3) is 14.4. The van der Waals surface area contributed by atoms with Crippen molar-refractivity contribution in [3.63, 3.8) is 0 Å². The van der Waals surface area contributed by atoms with E-state index in [0.717, 1.165) is 52.6 Å². The first-order valence-corrected chi connectivity index (χ1v) is 19.0. The van der Waals surface area contributed by atoms with Gasteiger partial charge in [0.1, 0.15) is 34.9 Å². The van der Waals surface area contributed by atoms with Crippen LogP contribution in [0, 0.1) is 34.9 Å². The monoisotopic (exact) mass is 782 g/mol. The van der Waals surface area contributed by atoms with Gasteiger partial charge in [0.05, 0.1) is 0 Å². The maximum atomic E-state index is 13.4. The molecule has 0 bridgehead atoms. The molecule has 0 spiro atoms. The SMILES string of the molecule is CCCCC(c1cccc(F)c1)c1cccc(F)c1.NCCC(c1cccc(F)c1)c1cccc(F)c1.O=CNCCC(c1cccc(F)c1)c1cccc(F)c1. The summed E-state index contributed by atoms with van der Waals surface area (Å²) in [6.45, 7) is 3.03. The molecule has 9 heteroatoms. The molecule has 0 heterocycles. The van der Waals surface area contributed by atoms with E-state index in [1.807, 2.05) is 24.3 Å². The van der Waals surface area contributed by atoms with Crippen LogP contribution in [-0.4, -0.2) is 19.5 Å². The number of carbonyl (C=O) groups excluding carboxylic acids is 1. The van der Waals surface area contributed by atoms with Gasteiger partial charge in [-0.2, -0.15) is 0 Å². The van der Waals surface area contributed by atoms with Crippen LogP contribution in [0.25, 0.3) is 0 Å². The quantitative estimate of drug-likeness (QED) is 0.0619. The second-order valence-electron chi connectivity index (χ2n) is 13.6. The largest absolute Gasteiger partial charge is 0.359 e. The van der Waals surface area contributed by atoms with E-state index in [0.29, 0.717) is 32.3 Å². The summed E-state index contributed by atoms with van der Waals surface area (Å²) in [5.74, 6) is -1.87. The molecule has 0 unspecified atom stereocenters. The van der Waals surface area contributed by atoms with Gasteiger partial charge in [-0.05, 0) is 132 Å². The van der Waals surface area contributed by atoms with Gasteiger partial charge in [0.25, 0.3) is 0 Å². The number of halogens is 6. The minimum atomic E-state index is -0.327. The Hall–Kier alpha value is -5.67. The van der Waals surface area contributed by atoms with E-state index in [-0.39, 0.29) is 52.7 Å². The van der Waals surface area contributed by atoms with Gasteiger partial charge in [0.15, 0.2) is 0 Å². The molecule has 1 amide bonds. The molecule has 3 N–H and O–H groups in total. The fraction of sp³-hybridized carbons (Fsp3) is 0.229. The molecule has 0 radical (unpaired) electrons. The van der Waals surface area contributed by atoms with Crippen molar-refractivity contribution in [3.8, 4) is 0 Å². The first-order chi connectivity index (χ1) is 27.6. The van der Waals surface area contributed by atoms with Gasteiger partial charge in [-0.25, -0.2) is 26.3 Å². The van der Waals surface area contributed by atoms with E-state index in [4.69, 9.17) is 5.73 Å². The second kappa shape index (κ2) is 23.4. The lowest BCUT2D eigenvalue weighted by Crippen LogP contribution is -2.16. The number of rotatable bonds is 15. The van der Waals surface area contributed by atoms with Crippen LogP contribution < -0.4 is 11.1 Å². The second-order valence-corrected chi connectivity index (χ2v) is 13.6. The summed E-state index contributed by atoms with van der Waals surface area (Å²) in [5.41, 5.74) is 10.6. The standard InChI is InChI=1S/C17H18F2.C16H15F2NO.C15H15F2N/c1-2-3-10-17(13-6-4-8-15(18)11-13)14-7-5-9-16(19)12-14;17-14-5-1-3-12(9-14)16(7-8-19-11-20)13-4-2-6-15(18)10-13;16-13-5-1-3-11(9-13)15(7-8-18)12-4-2-6-14(17)10-12/h4-9,11-12,17H,2-3,10H2,1H3;1-6,9-11,16H,7-8H2,(H,19,20);1-6,9-10,15H,7-8,18H2. The van der Waals surface area contributed by atoms with Crippen LogP contribution in [0.15, 0.2) is 146 Å². The third-order valence-electron chi connectivity index (χ3n) is 9.47. The highest BCUT2D eigenvalue weighted by molar-refractivity contribution is 5.46. The summed E-state index contributed by atoms with van der Waals surface area (Å²) >= 11 is 0. The van der Waals surface area contributed by atoms with Crippen molar-refractivity contribution in [2.24, 2.45) is 5.73 Å². The molecule has 0 atom stereocenters. The van der Waals surface area contributed by atoms with E-state index in [1.165, 1.54) is 60.7 Å². The van der Waals surface area contributed by atoms with E-state index < -0.39 is 0 Å². The zero-order chi connectivity index (χ0) is 41.0. The van der Waals surface area contributed by atoms with E-state index in [9.17, 15) is 31.1 Å². The van der Waals surface area contributed by atoms with E-state index in [2.05, 4.69) is 12.2 Å². The summed E-state index contributed by atoms with van der Waals surface area (Å²) in [7, 11) is 0. The molecule has 6 aromatic rings. The number of amides is 1. The fourth-order valence-corrected chi connectivity index (χ4v) is 6.78. The van der Waals surface area contributed by atoms with Gasteiger partial charge in [-0.15, -0.1) is 0 Å². The molecule has 6 rings (SSSR count). The van der Waals surface area contributed by atoms with Gasteiger partial charge in [0, 0.05) is 24.3 Å². The number of benzene rings is 6. The molecule has 0 aliphatic heterocycles. The highest BCUT2D eigenvalue weighted by atomic mass is 19.1. The lowest BCUT2D eigenvalue weighted by molar-refractivity contribution is -0.109. The molecule has 3 nitrogen and oxygen atoms in total. The Morgan fingerprint density at radius 1 is 0.474 bits per heavy atom. The van der Waals surface area contributed by atoms with Crippen LogP contribution in [0.1, 0.15) is 90.2 Å².